The van der Waals surface area contributed by atoms with Crippen LogP contribution in [0.5, 0.6) is 0 Å². The van der Waals surface area contributed by atoms with E-state index in [0.717, 1.165) is 0 Å². The Balaban J connectivity index is 1.82. The van der Waals surface area contributed by atoms with Gasteiger partial charge in [0, 0.05) is 24.5 Å². The summed E-state index contributed by atoms with van der Waals surface area (Å²) in [4.78, 5) is 22.2. The number of benzene rings is 1. The highest BCUT2D eigenvalue weighted by atomic mass is 19.4. The molecular weight excluding hydrogens is 349 g/mol. The van der Waals surface area contributed by atoms with E-state index in [2.05, 4.69) is 30.9 Å². The molecule has 4 N–H and O–H groups in total. The fourth-order valence-electron chi connectivity index (χ4n) is 2.29. The monoisotopic (exact) mass is 364 g/mol. The third kappa shape index (κ3) is 4.41. The number of carbonyl (C=O) groups excluding carboxylic acids is 1. The lowest BCUT2D eigenvalue weighted by Crippen LogP contribution is -2.22. The highest BCUT2D eigenvalue weighted by molar-refractivity contribution is 5.89. The van der Waals surface area contributed by atoms with Crippen LogP contribution in [0, 0.1) is 0 Å². The maximum Gasteiger partial charge on any atom is 0.405 e. The van der Waals surface area contributed by atoms with E-state index in [0.29, 0.717) is 22.4 Å². The van der Waals surface area contributed by atoms with Gasteiger partial charge < -0.3 is 20.9 Å². The predicted octanol–water partition coefficient (Wildman–Crippen LogP) is 3.63. The summed E-state index contributed by atoms with van der Waals surface area (Å²) < 4.78 is 37.5. The van der Waals surface area contributed by atoms with Crippen molar-refractivity contribution in [2.24, 2.45) is 0 Å². The quantitative estimate of drug-likeness (QED) is 0.555. The van der Waals surface area contributed by atoms with E-state index in [1.807, 2.05) is 0 Å². The van der Waals surface area contributed by atoms with Gasteiger partial charge in [-0.25, -0.2) is 0 Å². The molecule has 0 saturated carbocycles. The SMILES string of the molecule is CC(=O)Nc1ccc(Nc2nc(NCC(F)(F)F)c3cc[nH]c3n2)cc1. The van der Waals surface area contributed by atoms with Crippen LogP contribution in [0.3, 0.4) is 0 Å². The van der Waals surface area contributed by atoms with Crippen LogP contribution in [0.4, 0.5) is 36.3 Å². The molecule has 7 nitrogen and oxygen atoms in total. The third-order valence-electron chi connectivity index (χ3n) is 3.33. The van der Waals surface area contributed by atoms with Gasteiger partial charge in [0.1, 0.15) is 18.0 Å². The van der Waals surface area contributed by atoms with Crippen molar-refractivity contribution in [3.8, 4) is 0 Å². The number of fused-ring (bicyclic) bond motifs is 1. The zero-order valence-electron chi connectivity index (χ0n) is 13.6. The summed E-state index contributed by atoms with van der Waals surface area (Å²) in [5.41, 5.74) is 1.64. The van der Waals surface area contributed by atoms with Crippen LogP contribution in [-0.4, -0.2) is 33.6 Å². The summed E-state index contributed by atoms with van der Waals surface area (Å²) in [6.45, 7) is 0.205. The Bertz CT molecular complexity index is 920. The molecule has 1 amide bonds. The molecule has 0 fully saturated rings. The van der Waals surface area contributed by atoms with Gasteiger partial charge in [0.15, 0.2) is 0 Å². The predicted molar refractivity (Wildman–Crippen MR) is 92.5 cm³/mol. The Morgan fingerprint density at radius 2 is 1.81 bits per heavy atom. The molecule has 26 heavy (non-hydrogen) atoms. The van der Waals surface area contributed by atoms with Gasteiger partial charge in [-0.05, 0) is 30.3 Å². The molecule has 3 aromatic rings. The number of anilines is 4. The van der Waals surface area contributed by atoms with Crippen molar-refractivity contribution in [2.45, 2.75) is 13.1 Å². The summed E-state index contributed by atoms with van der Waals surface area (Å²) in [6.07, 6.45) is -2.79. The molecule has 136 valence electrons. The number of hydrogen-bond donors (Lipinski definition) is 4. The fourth-order valence-corrected chi connectivity index (χ4v) is 2.29. The van der Waals surface area contributed by atoms with Gasteiger partial charge in [0.2, 0.25) is 11.9 Å². The van der Waals surface area contributed by atoms with Crippen molar-refractivity contribution in [3.05, 3.63) is 36.5 Å². The first-order chi connectivity index (χ1) is 12.3. The first kappa shape index (κ1) is 17.5. The molecule has 2 aromatic heterocycles. The lowest BCUT2D eigenvalue weighted by Gasteiger charge is -2.12. The topological polar surface area (TPSA) is 94.7 Å². The first-order valence-electron chi connectivity index (χ1n) is 7.60. The average Bonchev–Trinajstić information content (AvgIpc) is 3.02. The van der Waals surface area contributed by atoms with Crippen LogP contribution < -0.4 is 16.0 Å². The highest BCUT2D eigenvalue weighted by Crippen LogP contribution is 2.25. The van der Waals surface area contributed by atoms with E-state index in [9.17, 15) is 18.0 Å². The number of rotatable bonds is 5. The Hall–Kier alpha value is -3.30. The largest absolute Gasteiger partial charge is 0.405 e. The number of aromatic amines is 1. The Morgan fingerprint density at radius 1 is 1.12 bits per heavy atom. The lowest BCUT2D eigenvalue weighted by atomic mass is 10.3. The van der Waals surface area contributed by atoms with Crippen molar-refractivity contribution >= 4 is 40.1 Å². The van der Waals surface area contributed by atoms with Crippen LogP contribution in [0.1, 0.15) is 6.92 Å². The van der Waals surface area contributed by atoms with E-state index in [4.69, 9.17) is 0 Å². The van der Waals surface area contributed by atoms with Crippen LogP contribution in [0.2, 0.25) is 0 Å². The molecule has 0 unspecified atom stereocenters. The summed E-state index contributed by atoms with van der Waals surface area (Å²) in [6, 6.07) is 8.34. The second kappa shape index (κ2) is 6.90. The standard InChI is InChI=1S/C16H15F3N6O/c1-9(26)22-10-2-4-11(5-3-10)23-15-24-13-12(6-7-20-13)14(25-15)21-8-16(17,18)19/h2-7H,8H2,1H3,(H,22,26)(H3,20,21,23,24,25). The minimum Gasteiger partial charge on any atom is -0.360 e. The number of hydrogen-bond acceptors (Lipinski definition) is 5. The van der Waals surface area contributed by atoms with E-state index in [1.165, 1.54) is 6.92 Å². The van der Waals surface area contributed by atoms with Crippen molar-refractivity contribution in [3.63, 3.8) is 0 Å². The van der Waals surface area contributed by atoms with Gasteiger partial charge in [0.05, 0.1) is 5.39 Å². The molecule has 1 aromatic carbocycles. The molecule has 0 spiro atoms. The van der Waals surface area contributed by atoms with Crippen molar-refractivity contribution in [1.82, 2.24) is 15.0 Å². The van der Waals surface area contributed by atoms with E-state index in [-0.39, 0.29) is 17.7 Å². The number of nitrogens with one attached hydrogen (secondary N) is 4. The Kier molecular flexibility index (Phi) is 4.65. The summed E-state index contributed by atoms with van der Waals surface area (Å²) in [5, 5.41) is 8.31. The molecule has 3 rings (SSSR count). The molecule has 0 radical (unpaired) electrons. The van der Waals surface area contributed by atoms with Crippen molar-refractivity contribution in [1.29, 1.82) is 0 Å². The van der Waals surface area contributed by atoms with Crippen molar-refractivity contribution in [2.75, 3.05) is 22.5 Å². The number of aromatic nitrogens is 3. The zero-order valence-corrected chi connectivity index (χ0v) is 13.6. The Labute approximate surface area is 146 Å². The van der Waals surface area contributed by atoms with Crippen LogP contribution in [-0.2, 0) is 4.79 Å². The summed E-state index contributed by atoms with van der Waals surface area (Å²) in [7, 11) is 0. The molecule has 0 aliphatic rings. The van der Waals surface area contributed by atoms with Gasteiger partial charge in [-0.2, -0.15) is 23.1 Å². The second-order valence-electron chi connectivity index (χ2n) is 5.49. The maximum absolute atomic E-state index is 12.5. The molecular formula is C16H15F3N6O. The molecule has 0 bridgehead atoms. The van der Waals surface area contributed by atoms with Gasteiger partial charge in [-0.1, -0.05) is 0 Å². The third-order valence-corrected chi connectivity index (χ3v) is 3.33. The number of nitrogens with zero attached hydrogens (tertiary/aromatic N) is 2. The van der Waals surface area contributed by atoms with Gasteiger partial charge in [0.25, 0.3) is 0 Å². The number of halogens is 3. The number of H-pyrrole nitrogens is 1. The van der Waals surface area contributed by atoms with Gasteiger partial charge in [-0.3, -0.25) is 4.79 Å². The minimum atomic E-state index is -4.36. The minimum absolute atomic E-state index is 0.0749. The first-order valence-corrected chi connectivity index (χ1v) is 7.60. The van der Waals surface area contributed by atoms with E-state index in [1.54, 1.807) is 36.5 Å². The molecule has 0 saturated heterocycles. The fraction of sp³-hybridized carbons (Fsp3) is 0.188. The molecule has 0 aliphatic carbocycles. The van der Waals surface area contributed by atoms with Gasteiger partial charge >= 0.3 is 6.18 Å². The van der Waals surface area contributed by atoms with Crippen LogP contribution in [0.25, 0.3) is 11.0 Å². The zero-order chi connectivity index (χ0) is 18.7. The molecule has 0 aliphatic heterocycles. The molecule has 2 heterocycles. The molecule has 10 heteroatoms. The van der Waals surface area contributed by atoms with E-state index < -0.39 is 12.7 Å². The summed E-state index contributed by atoms with van der Waals surface area (Å²) >= 11 is 0. The maximum atomic E-state index is 12.5. The molecule has 0 atom stereocenters. The van der Waals surface area contributed by atoms with Crippen molar-refractivity contribution < 1.29 is 18.0 Å². The van der Waals surface area contributed by atoms with E-state index >= 15 is 0 Å². The number of alkyl halides is 3. The Morgan fingerprint density at radius 3 is 2.46 bits per heavy atom. The lowest BCUT2D eigenvalue weighted by molar-refractivity contribution is -0.115. The number of amides is 1. The highest BCUT2D eigenvalue weighted by Gasteiger charge is 2.27. The smallest absolute Gasteiger partial charge is 0.360 e. The summed E-state index contributed by atoms with van der Waals surface area (Å²) in [5.74, 6) is 0.0227. The van der Waals surface area contributed by atoms with Crippen LogP contribution in [0.15, 0.2) is 36.5 Å². The normalized spacial score (nSPS) is 11.4. The number of carbonyl (C=O) groups is 1. The second-order valence-corrected chi connectivity index (χ2v) is 5.49. The average molecular weight is 364 g/mol. The van der Waals surface area contributed by atoms with Crippen LogP contribution >= 0.6 is 0 Å². The van der Waals surface area contributed by atoms with Gasteiger partial charge in [-0.15, -0.1) is 0 Å².